The highest BCUT2D eigenvalue weighted by molar-refractivity contribution is 5.98. The molecule has 2 aliphatic rings. The number of carbonyl (C=O) groups excluding carboxylic acids is 1. The molecular weight excluding hydrogens is 356 g/mol. The number of likely N-dealkylation sites (tertiary alicyclic amines) is 1. The van der Waals surface area contributed by atoms with E-state index in [0.29, 0.717) is 28.9 Å². The Labute approximate surface area is 168 Å². The van der Waals surface area contributed by atoms with Crippen LogP contribution in [0.2, 0.25) is 0 Å². The van der Waals surface area contributed by atoms with Gasteiger partial charge in [0, 0.05) is 18.6 Å². The van der Waals surface area contributed by atoms with E-state index in [9.17, 15) is 4.79 Å². The zero-order valence-corrected chi connectivity index (χ0v) is 17.5. The molecule has 1 atom stereocenters. The van der Waals surface area contributed by atoms with Crippen LogP contribution in [-0.2, 0) is 0 Å². The predicted molar refractivity (Wildman–Crippen MR) is 110 cm³/mol. The number of amides is 1. The van der Waals surface area contributed by atoms with Crippen molar-refractivity contribution >= 4 is 5.91 Å². The first-order valence-corrected chi connectivity index (χ1v) is 10.5. The van der Waals surface area contributed by atoms with E-state index in [1.807, 2.05) is 0 Å². The van der Waals surface area contributed by atoms with Crippen LogP contribution in [0.3, 0.4) is 0 Å². The third-order valence-electron chi connectivity index (χ3n) is 6.08. The summed E-state index contributed by atoms with van der Waals surface area (Å²) in [6.45, 7) is 2.09. The van der Waals surface area contributed by atoms with E-state index >= 15 is 0 Å². The van der Waals surface area contributed by atoms with Gasteiger partial charge >= 0.3 is 0 Å². The minimum Gasteiger partial charge on any atom is -0.493 e. The maximum absolute atomic E-state index is 13.0. The molecule has 0 aromatic heterocycles. The van der Waals surface area contributed by atoms with Gasteiger partial charge in [-0.15, -0.1) is 0 Å². The summed E-state index contributed by atoms with van der Waals surface area (Å²) in [5.74, 6) is 1.29. The van der Waals surface area contributed by atoms with Gasteiger partial charge in [0.15, 0.2) is 11.5 Å². The molecule has 1 N–H and O–H groups in total. The second kappa shape index (κ2) is 10.0. The summed E-state index contributed by atoms with van der Waals surface area (Å²) in [6.07, 6.45) is 10.1. The Balaban J connectivity index is 1.68. The van der Waals surface area contributed by atoms with Gasteiger partial charge in [-0.25, -0.2) is 0 Å². The van der Waals surface area contributed by atoms with Gasteiger partial charge in [-0.3, -0.25) is 9.69 Å². The summed E-state index contributed by atoms with van der Waals surface area (Å²) in [5, 5.41) is 3.23. The maximum atomic E-state index is 13.0. The maximum Gasteiger partial charge on any atom is 0.255 e. The summed E-state index contributed by atoms with van der Waals surface area (Å²) in [6, 6.07) is 4.33. The van der Waals surface area contributed by atoms with Gasteiger partial charge in [0.2, 0.25) is 5.75 Å². The molecule has 1 saturated carbocycles. The molecule has 0 bridgehead atoms. The van der Waals surface area contributed by atoms with Crippen molar-refractivity contribution in [1.82, 2.24) is 10.2 Å². The zero-order valence-electron chi connectivity index (χ0n) is 17.5. The molecule has 156 valence electrons. The average Bonchev–Trinajstić information content (AvgIpc) is 3.02. The summed E-state index contributed by atoms with van der Waals surface area (Å²) in [7, 11) is 4.66. The summed E-state index contributed by atoms with van der Waals surface area (Å²) >= 11 is 0. The fourth-order valence-electron chi connectivity index (χ4n) is 4.62. The van der Waals surface area contributed by atoms with Crippen LogP contribution in [0, 0.1) is 0 Å². The summed E-state index contributed by atoms with van der Waals surface area (Å²) in [4.78, 5) is 15.6. The van der Waals surface area contributed by atoms with E-state index in [1.165, 1.54) is 38.5 Å². The molecular formula is C22H34N2O4. The molecule has 28 heavy (non-hydrogen) atoms. The van der Waals surface area contributed by atoms with Gasteiger partial charge < -0.3 is 19.5 Å². The first-order valence-electron chi connectivity index (χ1n) is 10.5. The van der Waals surface area contributed by atoms with Gasteiger partial charge in [-0.2, -0.15) is 0 Å². The molecule has 1 aliphatic carbocycles. The van der Waals surface area contributed by atoms with Gasteiger partial charge in [-0.05, 0) is 44.4 Å². The number of hydrogen-bond acceptors (Lipinski definition) is 5. The number of piperidine rings is 1. The summed E-state index contributed by atoms with van der Waals surface area (Å²) in [5.41, 5.74) is 0.478. The Morgan fingerprint density at radius 1 is 0.929 bits per heavy atom. The first-order chi connectivity index (χ1) is 13.7. The first kappa shape index (κ1) is 20.8. The predicted octanol–water partition coefficient (Wildman–Crippen LogP) is 3.63. The van der Waals surface area contributed by atoms with Crippen molar-refractivity contribution in [3.05, 3.63) is 17.7 Å². The molecule has 1 heterocycles. The quantitative estimate of drug-likeness (QED) is 0.752. The molecule has 0 radical (unpaired) electrons. The van der Waals surface area contributed by atoms with E-state index in [0.717, 1.165) is 25.9 Å². The van der Waals surface area contributed by atoms with E-state index in [-0.39, 0.29) is 11.9 Å². The number of nitrogens with zero attached hydrogens (tertiary/aromatic N) is 1. The SMILES string of the molecule is COc1ccc(C(=O)N[C@@H]2CCCN(C3CCCCCC3)C2)c(OC)c1OC. The number of ether oxygens (including phenoxy) is 3. The second-order valence-electron chi connectivity index (χ2n) is 7.83. The van der Waals surface area contributed by atoms with Crippen LogP contribution in [0.1, 0.15) is 61.7 Å². The number of methoxy groups -OCH3 is 3. The molecule has 1 amide bonds. The second-order valence-corrected chi connectivity index (χ2v) is 7.83. The number of rotatable bonds is 6. The van der Waals surface area contributed by atoms with E-state index in [4.69, 9.17) is 14.2 Å². The molecule has 6 heteroatoms. The lowest BCUT2D eigenvalue weighted by molar-refractivity contribution is 0.0857. The molecule has 3 rings (SSSR count). The molecule has 1 aliphatic heterocycles. The number of carbonyl (C=O) groups is 1. The fraction of sp³-hybridized carbons (Fsp3) is 0.682. The van der Waals surface area contributed by atoms with Crippen molar-refractivity contribution in [1.29, 1.82) is 0 Å². The van der Waals surface area contributed by atoms with E-state index in [1.54, 1.807) is 33.5 Å². The molecule has 1 aromatic rings. The highest BCUT2D eigenvalue weighted by Crippen LogP contribution is 2.39. The van der Waals surface area contributed by atoms with Gasteiger partial charge in [0.1, 0.15) is 0 Å². The average molecular weight is 391 g/mol. The topological polar surface area (TPSA) is 60.0 Å². The lowest BCUT2D eigenvalue weighted by atomic mass is 9.99. The third kappa shape index (κ3) is 4.72. The van der Waals surface area contributed by atoms with Crippen LogP contribution >= 0.6 is 0 Å². The largest absolute Gasteiger partial charge is 0.493 e. The van der Waals surface area contributed by atoms with Crippen molar-refractivity contribution in [2.24, 2.45) is 0 Å². The van der Waals surface area contributed by atoms with E-state index < -0.39 is 0 Å². The molecule has 1 saturated heterocycles. The normalized spacial score (nSPS) is 21.6. The Morgan fingerprint density at radius 3 is 2.29 bits per heavy atom. The highest BCUT2D eigenvalue weighted by Gasteiger charge is 2.28. The lowest BCUT2D eigenvalue weighted by Gasteiger charge is -2.38. The van der Waals surface area contributed by atoms with Crippen LogP contribution in [0.4, 0.5) is 0 Å². The van der Waals surface area contributed by atoms with Gasteiger partial charge in [0.25, 0.3) is 5.91 Å². The summed E-state index contributed by atoms with van der Waals surface area (Å²) < 4.78 is 16.2. The monoisotopic (exact) mass is 390 g/mol. The minimum absolute atomic E-state index is 0.120. The highest BCUT2D eigenvalue weighted by atomic mass is 16.5. The van der Waals surface area contributed by atoms with Gasteiger partial charge in [-0.1, -0.05) is 25.7 Å². The Bertz CT molecular complexity index is 656. The Kier molecular flexibility index (Phi) is 7.43. The Hall–Kier alpha value is -1.95. The smallest absolute Gasteiger partial charge is 0.255 e. The third-order valence-corrected chi connectivity index (χ3v) is 6.08. The van der Waals surface area contributed by atoms with Crippen LogP contribution in [0.15, 0.2) is 12.1 Å². The lowest BCUT2D eigenvalue weighted by Crippen LogP contribution is -2.51. The number of nitrogens with one attached hydrogen (secondary N) is 1. The van der Waals surface area contributed by atoms with Gasteiger partial charge in [0.05, 0.1) is 26.9 Å². The number of benzene rings is 1. The molecule has 1 aromatic carbocycles. The molecule has 6 nitrogen and oxygen atoms in total. The standard InChI is InChI=1S/C22H34N2O4/c1-26-19-13-12-18(20(27-2)21(19)28-3)22(25)23-16-9-8-14-24(15-16)17-10-6-4-5-7-11-17/h12-13,16-17H,4-11,14-15H2,1-3H3,(H,23,25)/t16-/m1/s1. The van der Waals surface area contributed by atoms with Crippen molar-refractivity contribution in [2.75, 3.05) is 34.4 Å². The van der Waals surface area contributed by atoms with Crippen LogP contribution < -0.4 is 19.5 Å². The number of hydrogen-bond donors (Lipinski definition) is 1. The van der Waals surface area contributed by atoms with Crippen LogP contribution in [-0.4, -0.2) is 57.3 Å². The van der Waals surface area contributed by atoms with Crippen molar-refractivity contribution in [2.45, 2.75) is 63.5 Å². The van der Waals surface area contributed by atoms with Crippen molar-refractivity contribution < 1.29 is 19.0 Å². The van der Waals surface area contributed by atoms with Crippen molar-refractivity contribution in [3.63, 3.8) is 0 Å². The molecule has 0 unspecified atom stereocenters. The fourth-order valence-corrected chi connectivity index (χ4v) is 4.62. The van der Waals surface area contributed by atoms with Crippen molar-refractivity contribution in [3.8, 4) is 17.2 Å². The van der Waals surface area contributed by atoms with Crippen LogP contribution in [0.5, 0.6) is 17.2 Å². The molecule has 0 spiro atoms. The van der Waals surface area contributed by atoms with Crippen LogP contribution in [0.25, 0.3) is 0 Å². The van der Waals surface area contributed by atoms with E-state index in [2.05, 4.69) is 10.2 Å². The molecule has 2 fully saturated rings. The minimum atomic E-state index is -0.120. The Morgan fingerprint density at radius 2 is 1.64 bits per heavy atom. The zero-order chi connectivity index (χ0) is 19.9.